The fourth-order valence-corrected chi connectivity index (χ4v) is 2.03. The molecular formula is C17H22N2O5. The van der Waals surface area contributed by atoms with Crippen LogP contribution in [0.4, 0.5) is 0 Å². The Hall–Kier alpha value is -2.80. The summed E-state index contributed by atoms with van der Waals surface area (Å²) >= 11 is 0. The van der Waals surface area contributed by atoms with E-state index in [0.717, 1.165) is 18.8 Å². The van der Waals surface area contributed by atoms with Crippen molar-refractivity contribution in [3.05, 3.63) is 42.6 Å². The second kappa shape index (κ2) is 9.36. The van der Waals surface area contributed by atoms with Crippen molar-refractivity contribution in [2.75, 3.05) is 27.7 Å². The van der Waals surface area contributed by atoms with Gasteiger partial charge >= 0.3 is 11.9 Å². The maximum Gasteiger partial charge on any atom is 0.328 e. The normalized spacial score (nSPS) is 10.7. The summed E-state index contributed by atoms with van der Waals surface area (Å²) in [6.45, 7) is 2.01. The highest BCUT2D eigenvalue weighted by Gasteiger charge is 2.06. The Morgan fingerprint density at radius 1 is 1.17 bits per heavy atom. The molecule has 0 saturated heterocycles. The van der Waals surface area contributed by atoms with Gasteiger partial charge in [0.1, 0.15) is 5.75 Å². The van der Waals surface area contributed by atoms with E-state index in [2.05, 4.69) is 41.9 Å². The topological polar surface area (TPSA) is 92.0 Å². The molecule has 0 bridgehead atoms. The number of likely N-dealkylation sites (N-methyl/N-ethyl adjacent to an activating group) is 1. The second-order valence-corrected chi connectivity index (χ2v) is 5.22. The van der Waals surface area contributed by atoms with Gasteiger partial charge in [0.25, 0.3) is 0 Å². The van der Waals surface area contributed by atoms with Crippen molar-refractivity contribution in [1.29, 1.82) is 0 Å². The molecule has 1 aromatic heterocycles. The molecule has 7 heteroatoms. The Morgan fingerprint density at radius 3 is 2.29 bits per heavy atom. The first-order chi connectivity index (χ1) is 11.3. The molecule has 1 heterocycles. The Bertz CT molecular complexity index is 703. The van der Waals surface area contributed by atoms with E-state index in [4.69, 9.17) is 14.9 Å². The van der Waals surface area contributed by atoms with Crippen molar-refractivity contribution in [3.63, 3.8) is 0 Å². The number of carbonyl (C=O) groups is 2. The average molecular weight is 334 g/mol. The average Bonchev–Trinajstić information content (AvgIpc) is 2.94. The van der Waals surface area contributed by atoms with Crippen molar-refractivity contribution in [2.45, 2.75) is 6.54 Å². The van der Waals surface area contributed by atoms with E-state index in [1.54, 1.807) is 7.11 Å². The number of carboxylic acid groups (broad SMARTS) is 2. The van der Waals surface area contributed by atoms with Crippen LogP contribution in [0.1, 0.15) is 0 Å². The zero-order valence-corrected chi connectivity index (χ0v) is 14.0. The molecule has 2 N–H and O–H groups in total. The number of rotatable bonds is 6. The van der Waals surface area contributed by atoms with Crippen LogP contribution in [0.5, 0.6) is 5.75 Å². The van der Waals surface area contributed by atoms with Crippen LogP contribution < -0.4 is 4.74 Å². The second-order valence-electron chi connectivity index (χ2n) is 5.22. The predicted octanol–water partition coefficient (Wildman–Crippen LogP) is 1.92. The molecule has 2 rings (SSSR count). The molecule has 0 radical (unpaired) electrons. The number of methoxy groups -OCH3 is 1. The maximum atomic E-state index is 9.55. The molecule has 1 aromatic carbocycles. The van der Waals surface area contributed by atoms with Gasteiger partial charge in [-0.2, -0.15) is 0 Å². The summed E-state index contributed by atoms with van der Waals surface area (Å²) in [5.74, 6) is -1.57. The third-order valence-electron chi connectivity index (χ3n) is 3.13. The summed E-state index contributed by atoms with van der Waals surface area (Å²) in [7, 11) is 5.89. The van der Waals surface area contributed by atoms with Crippen LogP contribution >= 0.6 is 0 Å². The lowest BCUT2D eigenvalue weighted by Gasteiger charge is -2.12. The van der Waals surface area contributed by atoms with Gasteiger partial charge in [-0.15, -0.1) is 0 Å². The van der Waals surface area contributed by atoms with Gasteiger partial charge in [0, 0.05) is 36.8 Å². The molecule has 0 amide bonds. The first-order valence-electron chi connectivity index (χ1n) is 7.25. The van der Waals surface area contributed by atoms with E-state index in [0.29, 0.717) is 12.2 Å². The summed E-state index contributed by atoms with van der Waals surface area (Å²) < 4.78 is 7.64. The quantitative estimate of drug-likeness (QED) is 0.784. The van der Waals surface area contributed by atoms with Gasteiger partial charge in [0.2, 0.25) is 0 Å². The van der Waals surface area contributed by atoms with Gasteiger partial charge in [0.15, 0.2) is 0 Å². The number of para-hydroxylation sites is 1. The monoisotopic (exact) mass is 334 g/mol. The molecule has 0 aliphatic rings. The molecule has 0 unspecified atom stereocenters. The number of aliphatic carboxylic acids is 2. The SMILES string of the molecule is COc1cccc2ccn(CCN(C)C)c12.O=C(O)/C=C/C(=O)O. The van der Waals surface area contributed by atoms with Crippen LogP contribution in [-0.2, 0) is 16.1 Å². The van der Waals surface area contributed by atoms with Gasteiger partial charge in [-0.3, -0.25) is 0 Å². The van der Waals surface area contributed by atoms with Crippen molar-refractivity contribution in [1.82, 2.24) is 9.47 Å². The van der Waals surface area contributed by atoms with Crippen molar-refractivity contribution < 1.29 is 24.5 Å². The molecule has 0 fully saturated rings. The lowest BCUT2D eigenvalue weighted by atomic mass is 10.2. The third kappa shape index (κ3) is 6.13. The third-order valence-corrected chi connectivity index (χ3v) is 3.13. The smallest absolute Gasteiger partial charge is 0.328 e. The molecule has 130 valence electrons. The number of nitrogens with zero attached hydrogens (tertiary/aromatic N) is 2. The van der Waals surface area contributed by atoms with Crippen LogP contribution in [0.2, 0.25) is 0 Å². The summed E-state index contributed by atoms with van der Waals surface area (Å²) in [6.07, 6.45) is 3.24. The highest BCUT2D eigenvalue weighted by atomic mass is 16.5. The van der Waals surface area contributed by atoms with E-state index in [1.165, 1.54) is 10.9 Å². The first-order valence-corrected chi connectivity index (χ1v) is 7.25. The first kappa shape index (κ1) is 19.2. The minimum Gasteiger partial charge on any atom is -0.495 e. The summed E-state index contributed by atoms with van der Waals surface area (Å²) in [6, 6.07) is 8.28. The zero-order valence-electron chi connectivity index (χ0n) is 14.0. The molecule has 0 aliphatic heterocycles. The van der Waals surface area contributed by atoms with E-state index < -0.39 is 11.9 Å². The van der Waals surface area contributed by atoms with Gasteiger partial charge in [-0.25, -0.2) is 9.59 Å². The highest BCUT2D eigenvalue weighted by molar-refractivity contribution is 5.89. The zero-order chi connectivity index (χ0) is 18.1. The maximum absolute atomic E-state index is 9.55. The molecule has 2 aromatic rings. The number of benzene rings is 1. The number of fused-ring (bicyclic) bond motifs is 1. The fraction of sp³-hybridized carbons (Fsp3) is 0.294. The van der Waals surface area contributed by atoms with Crippen molar-refractivity contribution in [2.24, 2.45) is 0 Å². The van der Waals surface area contributed by atoms with E-state index >= 15 is 0 Å². The Kier molecular flexibility index (Phi) is 7.51. The Labute approximate surface area is 140 Å². The predicted molar refractivity (Wildman–Crippen MR) is 91.5 cm³/mol. The van der Waals surface area contributed by atoms with Gasteiger partial charge in [-0.05, 0) is 26.2 Å². The van der Waals surface area contributed by atoms with Crippen LogP contribution in [0.3, 0.4) is 0 Å². The standard InChI is InChI=1S/C13H18N2O.C4H4O4/c1-14(2)9-10-15-8-7-11-5-4-6-12(16-3)13(11)15;5-3(6)1-2-4(7)8/h4-8H,9-10H2,1-3H3;1-2H,(H,5,6)(H,7,8)/b;2-1+. The van der Waals surface area contributed by atoms with Crippen LogP contribution in [0.25, 0.3) is 10.9 Å². The Morgan fingerprint density at radius 2 is 1.79 bits per heavy atom. The molecular weight excluding hydrogens is 312 g/mol. The van der Waals surface area contributed by atoms with Gasteiger partial charge < -0.3 is 24.4 Å². The van der Waals surface area contributed by atoms with Crippen LogP contribution in [-0.4, -0.2) is 59.4 Å². The largest absolute Gasteiger partial charge is 0.495 e. The van der Waals surface area contributed by atoms with E-state index in [9.17, 15) is 9.59 Å². The fourth-order valence-electron chi connectivity index (χ4n) is 2.03. The molecule has 0 spiro atoms. The highest BCUT2D eigenvalue weighted by Crippen LogP contribution is 2.26. The molecule has 7 nitrogen and oxygen atoms in total. The Balaban J connectivity index is 0.000000307. The molecule has 0 atom stereocenters. The minimum atomic E-state index is -1.26. The number of hydrogen-bond donors (Lipinski definition) is 2. The van der Waals surface area contributed by atoms with E-state index in [-0.39, 0.29) is 0 Å². The summed E-state index contributed by atoms with van der Waals surface area (Å²) in [4.78, 5) is 21.3. The molecule has 0 saturated carbocycles. The van der Waals surface area contributed by atoms with Crippen LogP contribution in [0, 0.1) is 0 Å². The molecule has 24 heavy (non-hydrogen) atoms. The van der Waals surface area contributed by atoms with Crippen LogP contribution in [0.15, 0.2) is 42.6 Å². The minimum absolute atomic E-state index is 0.558. The summed E-state index contributed by atoms with van der Waals surface area (Å²) in [5.41, 5.74) is 1.19. The lowest BCUT2D eigenvalue weighted by Crippen LogP contribution is -2.18. The van der Waals surface area contributed by atoms with Gasteiger partial charge in [-0.1, -0.05) is 12.1 Å². The lowest BCUT2D eigenvalue weighted by molar-refractivity contribution is -0.134. The summed E-state index contributed by atoms with van der Waals surface area (Å²) in [5, 5.41) is 16.9. The van der Waals surface area contributed by atoms with Crippen molar-refractivity contribution >= 4 is 22.8 Å². The number of carboxylic acids is 2. The van der Waals surface area contributed by atoms with E-state index in [1.807, 2.05) is 12.1 Å². The number of ether oxygens (including phenoxy) is 1. The molecule has 0 aliphatic carbocycles. The number of hydrogen-bond acceptors (Lipinski definition) is 4. The van der Waals surface area contributed by atoms with Crippen molar-refractivity contribution in [3.8, 4) is 5.75 Å². The van der Waals surface area contributed by atoms with Gasteiger partial charge in [0.05, 0.1) is 12.6 Å². The number of aromatic nitrogens is 1.